The summed E-state index contributed by atoms with van der Waals surface area (Å²) in [7, 11) is 0. The number of aromatic nitrogens is 4. The number of carbonyl (C=O) groups excluding carboxylic acids is 2. The first kappa shape index (κ1) is 14.6. The van der Waals surface area contributed by atoms with Gasteiger partial charge in [-0.25, -0.2) is 14.3 Å². The van der Waals surface area contributed by atoms with Crippen LogP contribution in [-0.2, 0) is 4.74 Å². The van der Waals surface area contributed by atoms with Gasteiger partial charge < -0.3 is 10.1 Å². The lowest BCUT2D eigenvalue weighted by atomic mass is 10.2. The Kier molecular flexibility index (Phi) is 3.96. The number of nitrogens with one attached hydrogen (secondary N) is 1. The maximum atomic E-state index is 12.1. The predicted octanol–water partition coefficient (Wildman–Crippen LogP) is 1.55. The Hall–Kier alpha value is -3.29. The number of hydrogen-bond acceptors (Lipinski definition) is 6. The molecule has 0 bridgehead atoms. The van der Waals surface area contributed by atoms with Gasteiger partial charge in [-0.05, 0) is 19.1 Å². The topological polar surface area (TPSA) is 98.5 Å². The van der Waals surface area contributed by atoms with Gasteiger partial charge in [-0.1, -0.05) is 0 Å². The molecule has 0 spiro atoms. The van der Waals surface area contributed by atoms with Gasteiger partial charge >= 0.3 is 5.97 Å². The first-order valence-corrected chi connectivity index (χ1v) is 6.91. The molecule has 3 aromatic rings. The van der Waals surface area contributed by atoms with Crippen LogP contribution in [0.2, 0.25) is 0 Å². The normalized spacial score (nSPS) is 10.5. The SMILES string of the molecule is CCOC(=O)c1cnn2ccc(NC(=O)c3cnccn3)cc12. The first-order chi connectivity index (χ1) is 11.2. The van der Waals surface area contributed by atoms with E-state index >= 15 is 0 Å². The molecule has 0 aliphatic rings. The summed E-state index contributed by atoms with van der Waals surface area (Å²) in [5.74, 6) is -0.848. The molecule has 0 saturated carbocycles. The third-order valence-corrected chi connectivity index (χ3v) is 3.07. The molecule has 0 atom stereocenters. The molecule has 3 heterocycles. The summed E-state index contributed by atoms with van der Waals surface area (Å²) in [4.78, 5) is 31.8. The number of pyridine rings is 1. The van der Waals surface area contributed by atoms with Crippen LogP contribution in [0.15, 0.2) is 43.1 Å². The molecule has 8 heteroatoms. The summed E-state index contributed by atoms with van der Waals surface area (Å²) >= 11 is 0. The largest absolute Gasteiger partial charge is 0.462 e. The van der Waals surface area contributed by atoms with Crippen molar-refractivity contribution in [2.75, 3.05) is 11.9 Å². The Balaban J connectivity index is 1.89. The number of amides is 1. The van der Waals surface area contributed by atoms with Crippen molar-refractivity contribution in [1.82, 2.24) is 19.6 Å². The van der Waals surface area contributed by atoms with E-state index in [-0.39, 0.29) is 18.2 Å². The number of carbonyl (C=O) groups is 2. The molecule has 1 N–H and O–H groups in total. The van der Waals surface area contributed by atoms with E-state index in [1.165, 1.54) is 29.3 Å². The van der Waals surface area contributed by atoms with Crippen molar-refractivity contribution in [2.24, 2.45) is 0 Å². The van der Waals surface area contributed by atoms with Crippen LogP contribution in [-0.4, -0.2) is 38.1 Å². The minimum absolute atomic E-state index is 0.200. The number of hydrogen-bond donors (Lipinski definition) is 1. The third kappa shape index (κ3) is 3.00. The monoisotopic (exact) mass is 311 g/mol. The minimum Gasteiger partial charge on any atom is -0.462 e. The lowest BCUT2D eigenvalue weighted by molar-refractivity contribution is 0.0528. The standard InChI is InChI=1S/C15H13N5O3/c1-2-23-15(22)11-8-18-20-6-3-10(7-13(11)20)19-14(21)12-9-16-4-5-17-12/h3-9H,2H2,1H3,(H,19,21). The van der Waals surface area contributed by atoms with E-state index in [9.17, 15) is 9.59 Å². The molecule has 116 valence electrons. The van der Waals surface area contributed by atoms with Crippen LogP contribution in [0.3, 0.4) is 0 Å². The minimum atomic E-state index is -0.458. The smallest absolute Gasteiger partial charge is 0.341 e. The summed E-state index contributed by atoms with van der Waals surface area (Å²) in [5.41, 5.74) is 1.59. The van der Waals surface area contributed by atoms with Gasteiger partial charge in [0, 0.05) is 24.3 Å². The lowest BCUT2D eigenvalue weighted by Gasteiger charge is -2.05. The van der Waals surface area contributed by atoms with E-state index in [0.29, 0.717) is 16.8 Å². The Morgan fingerprint density at radius 3 is 2.91 bits per heavy atom. The molecule has 8 nitrogen and oxygen atoms in total. The number of ether oxygens (including phenoxy) is 1. The van der Waals surface area contributed by atoms with E-state index in [1.807, 2.05) is 0 Å². The lowest BCUT2D eigenvalue weighted by Crippen LogP contribution is -2.14. The second kappa shape index (κ2) is 6.22. The zero-order valence-electron chi connectivity index (χ0n) is 12.3. The summed E-state index contributed by atoms with van der Waals surface area (Å²) in [6, 6.07) is 3.32. The highest BCUT2D eigenvalue weighted by Crippen LogP contribution is 2.17. The Bertz CT molecular complexity index is 860. The van der Waals surface area contributed by atoms with Crippen molar-refractivity contribution in [3.05, 3.63) is 54.4 Å². The van der Waals surface area contributed by atoms with Gasteiger partial charge in [0.15, 0.2) is 0 Å². The third-order valence-electron chi connectivity index (χ3n) is 3.07. The summed E-state index contributed by atoms with van der Waals surface area (Å²) < 4.78 is 6.52. The number of nitrogens with zero attached hydrogens (tertiary/aromatic N) is 4. The van der Waals surface area contributed by atoms with Crippen molar-refractivity contribution >= 4 is 23.1 Å². The molecular weight excluding hydrogens is 298 g/mol. The van der Waals surface area contributed by atoms with Crippen molar-refractivity contribution < 1.29 is 14.3 Å². The zero-order chi connectivity index (χ0) is 16.2. The number of anilines is 1. The maximum Gasteiger partial charge on any atom is 0.341 e. The fourth-order valence-corrected chi connectivity index (χ4v) is 2.04. The van der Waals surface area contributed by atoms with E-state index in [1.54, 1.807) is 25.3 Å². The average Bonchev–Trinajstić information content (AvgIpc) is 2.99. The van der Waals surface area contributed by atoms with Gasteiger partial charge in [0.05, 0.1) is 24.5 Å². The Morgan fingerprint density at radius 1 is 1.30 bits per heavy atom. The van der Waals surface area contributed by atoms with Crippen molar-refractivity contribution in [3.63, 3.8) is 0 Å². The van der Waals surface area contributed by atoms with E-state index in [4.69, 9.17) is 4.74 Å². The highest BCUT2D eigenvalue weighted by molar-refractivity contribution is 6.03. The van der Waals surface area contributed by atoms with Gasteiger partial charge in [-0.3, -0.25) is 9.78 Å². The fourth-order valence-electron chi connectivity index (χ4n) is 2.04. The maximum absolute atomic E-state index is 12.1. The van der Waals surface area contributed by atoms with Crippen LogP contribution in [0.5, 0.6) is 0 Å². The number of esters is 1. The number of fused-ring (bicyclic) bond motifs is 1. The predicted molar refractivity (Wildman–Crippen MR) is 81.1 cm³/mol. The quantitative estimate of drug-likeness (QED) is 0.734. The second-order valence-electron chi connectivity index (χ2n) is 4.57. The van der Waals surface area contributed by atoms with Crippen LogP contribution >= 0.6 is 0 Å². The molecule has 0 saturated heterocycles. The van der Waals surface area contributed by atoms with Crippen LogP contribution in [0.25, 0.3) is 5.52 Å². The molecule has 23 heavy (non-hydrogen) atoms. The molecule has 3 rings (SSSR count). The first-order valence-electron chi connectivity index (χ1n) is 6.91. The Morgan fingerprint density at radius 2 is 2.17 bits per heavy atom. The van der Waals surface area contributed by atoms with Crippen LogP contribution in [0.1, 0.15) is 27.8 Å². The van der Waals surface area contributed by atoms with Crippen molar-refractivity contribution in [3.8, 4) is 0 Å². The van der Waals surface area contributed by atoms with E-state index < -0.39 is 5.97 Å². The summed E-state index contributed by atoms with van der Waals surface area (Å²) in [6.45, 7) is 2.01. The molecule has 0 aliphatic heterocycles. The highest BCUT2D eigenvalue weighted by Gasteiger charge is 2.15. The van der Waals surface area contributed by atoms with Crippen molar-refractivity contribution in [2.45, 2.75) is 6.92 Å². The zero-order valence-corrected chi connectivity index (χ0v) is 12.3. The van der Waals surface area contributed by atoms with Gasteiger partial charge in [0.2, 0.25) is 0 Å². The van der Waals surface area contributed by atoms with E-state index in [0.717, 1.165) is 0 Å². The van der Waals surface area contributed by atoms with Gasteiger partial charge in [-0.2, -0.15) is 5.10 Å². The molecule has 1 amide bonds. The molecule has 0 unspecified atom stereocenters. The molecule has 0 radical (unpaired) electrons. The van der Waals surface area contributed by atoms with Gasteiger partial charge in [0.1, 0.15) is 11.3 Å². The van der Waals surface area contributed by atoms with E-state index in [2.05, 4.69) is 20.4 Å². The van der Waals surface area contributed by atoms with Crippen LogP contribution in [0, 0.1) is 0 Å². The molecular formula is C15H13N5O3. The molecule has 0 aromatic carbocycles. The highest BCUT2D eigenvalue weighted by atomic mass is 16.5. The average molecular weight is 311 g/mol. The van der Waals surface area contributed by atoms with Crippen molar-refractivity contribution in [1.29, 1.82) is 0 Å². The van der Waals surface area contributed by atoms with Gasteiger partial charge in [-0.15, -0.1) is 0 Å². The summed E-state index contributed by atoms with van der Waals surface area (Å²) in [6.07, 6.45) is 7.37. The van der Waals surface area contributed by atoms with Crippen LogP contribution < -0.4 is 5.32 Å². The molecule has 3 aromatic heterocycles. The second-order valence-corrected chi connectivity index (χ2v) is 4.57. The number of rotatable bonds is 4. The summed E-state index contributed by atoms with van der Waals surface area (Å²) in [5, 5.41) is 6.78. The van der Waals surface area contributed by atoms with Crippen LogP contribution in [0.4, 0.5) is 5.69 Å². The molecule has 0 aliphatic carbocycles. The van der Waals surface area contributed by atoms with Gasteiger partial charge in [0.25, 0.3) is 5.91 Å². The Labute approximate surface area is 131 Å². The molecule has 0 fully saturated rings. The fraction of sp³-hybridized carbons (Fsp3) is 0.133.